The molecule has 51 heavy (non-hydrogen) atoms. The highest BCUT2D eigenvalue weighted by atomic mass is 16.5. The van der Waals surface area contributed by atoms with Crippen molar-refractivity contribution >= 4 is 21.8 Å². The van der Waals surface area contributed by atoms with Crippen LogP contribution in [-0.4, -0.2) is 19.3 Å². The summed E-state index contributed by atoms with van der Waals surface area (Å²) in [4.78, 5) is 4.73. The third-order valence-corrected chi connectivity index (χ3v) is 9.42. The number of nitrogens with zero attached hydrogens (tertiary/aromatic N) is 4. The normalized spacial score (nSPS) is 11.3. The molecule has 244 valence electrons. The van der Waals surface area contributed by atoms with Crippen LogP contribution in [-0.2, 0) is 0 Å². The Morgan fingerprint density at radius 2 is 1.24 bits per heavy atom. The Hall–Kier alpha value is -6.72. The molecule has 0 amide bonds. The molecule has 0 aliphatic carbocycles. The Morgan fingerprint density at radius 1 is 0.529 bits per heavy atom. The highest BCUT2D eigenvalue weighted by Gasteiger charge is 2.17. The van der Waals surface area contributed by atoms with Crippen molar-refractivity contribution in [2.75, 3.05) is 0 Å². The van der Waals surface area contributed by atoms with Gasteiger partial charge in [0.05, 0.1) is 22.9 Å². The first-order chi connectivity index (χ1) is 25.1. The highest BCUT2D eigenvalue weighted by molar-refractivity contribution is 6.09. The zero-order valence-corrected chi connectivity index (χ0v) is 28.4. The number of para-hydroxylation sites is 1. The molecule has 0 aliphatic rings. The van der Waals surface area contributed by atoms with Crippen molar-refractivity contribution in [2.45, 2.75) is 13.8 Å². The largest absolute Gasteiger partial charge is 0.457 e. The van der Waals surface area contributed by atoms with Crippen molar-refractivity contribution < 1.29 is 4.74 Å². The molecule has 0 aliphatic heterocycles. The van der Waals surface area contributed by atoms with Crippen molar-refractivity contribution in [2.24, 2.45) is 0 Å². The summed E-state index contributed by atoms with van der Waals surface area (Å²) >= 11 is 0. The van der Waals surface area contributed by atoms with Gasteiger partial charge in [0, 0.05) is 46.4 Å². The molecule has 6 aromatic carbocycles. The molecule has 0 radical (unpaired) electrons. The Balaban J connectivity index is 1.11. The fourth-order valence-electron chi connectivity index (χ4n) is 7.13. The molecule has 9 rings (SSSR count). The summed E-state index contributed by atoms with van der Waals surface area (Å²) in [7, 11) is 0. The van der Waals surface area contributed by atoms with Crippen LogP contribution < -0.4 is 4.74 Å². The molecule has 0 atom stereocenters. The minimum Gasteiger partial charge on any atom is -0.457 e. The van der Waals surface area contributed by atoms with Gasteiger partial charge in [0.15, 0.2) is 0 Å². The summed E-state index contributed by atoms with van der Waals surface area (Å²) in [5, 5.41) is 7.22. The number of aryl methyl sites for hydroxylation is 2. The van der Waals surface area contributed by atoms with Crippen LogP contribution in [0.2, 0.25) is 0 Å². The molecule has 0 saturated carbocycles. The van der Waals surface area contributed by atoms with Crippen LogP contribution in [0.3, 0.4) is 0 Å². The lowest BCUT2D eigenvalue weighted by atomic mass is 9.89. The lowest BCUT2D eigenvalue weighted by Crippen LogP contribution is -1.98. The summed E-state index contributed by atoms with van der Waals surface area (Å²) < 4.78 is 10.8. The van der Waals surface area contributed by atoms with E-state index in [1.807, 2.05) is 35.3 Å². The molecule has 3 aromatic heterocycles. The van der Waals surface area contributed by atoms with Gasteiger partial charge in [-0.25, -0.2) is 9.67 Å². The number of rotatable bonds is 7. The Kier molecular flexibility index (Phi) is 7.51. The van der Waals surface area contributed by atoms with Crippen molar-refractivity contribution in [3.8, 4) is 56.4 Å². The SMILES string of the molecule is Cc1cc(Oc2ccc3c4ccccc4n(-c4cc(C)ccn4)c3c2)cc(-n2cc(-c3c(-c4ccccc4)cccc3-c3ccccc3)cn2)c1. The first kappa shape index (κ1) is 30.3. The predicted octanol–water partition coefficient (Wildman–Crippen LogP) is 11.8. The fourth-order valence-corrected chi connectivity index (χ4v) is 7.13. The van der Waals surface area contributed by atoms with Gasteiger partial charge in [0.2, 0.25) is 0 Å². The lowest BCUT2D eigenvalue weighted by molar-refractivity contribution is 0.482. The zero-order chi connectivity index (χ0) is 34.3. The molecule has 0 fully saturated rings. The van der Waals surface area contributed by atoms with Gasteiger partial charge < -0.3 is 4.74 Å². The van der Waals surface area contributed by atoms with Gasteiger partial charge in [0.25, 0.3) is 0 Å². The fraction of sp³-hybridized carbons (Fsp3) is 0.0435. The van der Waals surface area contributed by atoms with Crippen molar-refractivity contribution in [3.63, 3.8) is 0 Å². The van der Waals surface area contributed by atoms with Crippen LogP contribution in [0.1, 0.15) is 11.1 Å². The maximum atomic E-state index is 6.61. The number of pyridine rings is 1. The smallest absolute Gasteiger partial charge is 0.137 e. The second kappa shape index (κ2) is 12.6. The molecular formula is C46H34N4O. The van der Waals surface area contributed by atoms with E-state index in [1.54, 1.807) is 0 Å². The van der Waals surface area contributed by atoms with Gasteiger partial charge in [-0.2, -0.15) is 5.10 Å². The van der Waals surface area contributed by atoms with Gasteiger partial charge in [-0.15, -0.1) is 0 Å². The second-order valence-corrected chi connectivity index (χ2v) is 13.0. The molecule has 9 aromatic rings. The van der Waals surface area contributed by atoms with E-state index >= 15 is 0 Å². The summed E-state index contributed by atoms with van der Waals surface area (Å²) in [6.45, 7) is 4.18. The van der Waals surface area contributed by atoms with Gasteiger partial charge in [-0.3, -0.25) is 4.57 Å². The standard InChI is InChI=1S/C46H34N4O/c1-31-22-23-47-45(26-31)50-43-19-10-9-16-41(43)42-21-20-37(28-44(42)50)51-38-25-32(2)24-36(27-38)49-30-35(29-48-49)46-39(33-12-5-3-6-13-33)17-11-18-40(46)34-14-7-4-8-15-34/h3-30H,1-2H3. The van der Waals surface area contributed by atoms with E-state index in [2.05, 4.69) is 158 Å². The summed E-state index contributed by atoms with van der Waals surface area (Å²) in [6, 6.07) is 52.8. The molecule has 0 saturated heterocycles. The second-order valence-electron chi connectivity index (χ2n) is 13.0. The first-order valence-corrected chi connectivity index (χ1v) is 17.1. The van der Waals surface area contributed by atoms with E-state index in [0.717, 1.165) is 61.7 Å². The third-order valence-electron chi connectivity index (χ3n) is 9.42. The maximum absolute atomic E-state index is 6.61. The van der Waals surface area contributed by atoms with Gasteiger partial charge in [-0.05, 0) is 89.7 Å². The van der Waals surface area contributed by atoms with Crippen LogP contribution in [0.5, 0.6) is 11.5 Å². The van der Waals surface area contributed by atoms with Crippen molar-refractivity contribution in [1.29, 1.82) is 0 Å². The van der Waals surface area contributed by atoms with Crippen molar-refractivity contribution in [1.82, 2.24) is 19.3 Å². The number of hydrogen-bond donors (Lipinski definition) is 0. The summed E-state index contributed by atoms with van der Waals surface area (Å²) in [5.74, 6) is 2.38. The molecule has 0 spiro atoms. The Bertz CT molecular complexity index is 2630. The van der Waals surface area contributed by atoms with E-state index in [9.17, 15) is 0 Å². The maximum Gasteiger partial charge on any atom is 0.137 e. The highest BCUT2D eigenvalue weighted by Crippen LogP contribution is 2.41. The van der Waals surface area contributed by atoms with Crippen LogP contribution in [0.15, 0.2) is 170 Å². The van der Waals surface area contributed by atoms with Gasteiger partial charge >= 0.3 is 0 Å². The number of hydrogen-bond acceptors (Lipinski definition) is 3. The first-order valence-electron chi connectivity index (χ1n) is 17.1. The average Bonchev–Trinajstić information content (AvgIpc) is 3.78. The van der Waals surface area contributed by atoms with Crippen LogP contribution in [0, 0.1) is 13.8 Å². The molecule has 0 unspecified atom stereocenters. The number of fused-ring (bicyclic) bond motifs is 3. The number of aromatic nitrogens is 4. The molecule has 3 heterocycles. The topological polar surface area (TPSA) is 44.9 Å². The monoisotopic (exact) mass is 658 g/mol. The summed E-state index contributed by atoms with van der Waals surface area (Å²) in [5.41, 5.74) is 12.2. The molecule has 0 bridgehead atoms. The Labute approximate surface area is 296 Å². The van der Waals surface area contributed by atoms with E-state index < -0.39 is 0 Å². The van der Waals surface area contributed by atoms with Crippen LogP contribution in [0.25, 0.3) is 66.7 Å². The number of ether oxygens (including phenoxy) is 1. The lowest BCUT2D eigenvalue weighted by Gasteiger charge is -2.15. The van der Waals surface area contributed by atoms with E-state index in [4.69, 9.17) is 14.8 Å². The van der Waals surface area contributed by atoms with Gasteiger partial charge in [-0.1, -0.05) is 97.1 Å². The number of benzene rings is 6. The third kappa shape index (κ3) is 5.65. The van der Waals surface area contributed by atoms with E-state index in [0.29, 0.717) is 0 Å². The minimum absolute atomic E-state index is 0.743. The molecule has 0 N–H and O–H groups in total. The van der Waals surface area contributed by atoms with Crippen LogP contribution in [0.4, 0.5) is 0 Å². The zero-order valence-electron chi connectivity index (χ0n) is 28.4. The Morgan fingerprint density at radius 3 is 1.98 bits per heavy atom. The quantitative estimate of drug-likeness (QED) is 0.171. The summed E-state index contributed by atoms with van der Waals surface area (Å²) in [6.07, 6.45) is 5.94. The average molecular weight is 659 g/mol. The molecule has 5 heteroatoms. The molecular weight excluding hydrogens is 625 g/mol. The van der Waals surface area contributed by atoms with E-state index in [-0.39, 0.29) is 0 Å². The van der Waals surface area contributed by atoms with Crippen LogP contribution >= 0.6 is 0 Å². The van der Waals surface area contributed by atoms with Crippen molar-refractivity contribution in [3.05, 3.63) is 181 Å². The van der Waals surface area contributed by atoms with E-state index in [1.165, 1.54) is 27.6 Å². The predicted molar refractivity (Wildman–Crippen MR) is 208 cm³/mol. The molecule has 5 nitrogen and oxygen atoms in total. The van der Waals surface area contributed by atoms with Gasteiger partial charge in [0.1, 0.15) is 17.3 Å². The minimum atomic E-state index is 0.743.